The third-order valence-electron chi connectivity index (χ3n) is 1.80. The standard InChI is InChI=1S/C8H5N5OS/c1-3-14-7(9-1)6-5-11-12-13(6)8-10-2-4-15-8/h1-5H. The van der Waals surface area contributed by atoms with Crippen molar-refractivity contribution in [2.45, 2.75) is 0 Å². The molecule has 15 heavy (non-hydrogen) atoms. The van der Waals surface area contributed by atoms with Crippen LogP contribution in [0.15, 0.2) is 34.7 Å². The lowest BCUT2D eigenvalue weighted by atomic mass is 10.5. The molecule has 3 aromatic heterocycles. The van der Waals surface area contributed by atoms with Gasteiger partial charge < -0.3 is 4.42 Å². The maximum absolute atomic E-state index is 5.18. The SMILES string of the molecule is c1coc(-c2cnnn2-c2nccs2)n1. The van der Waals surface area contributed by atoms with Gasteiger partial charge in [0.1, 0.15) is 6.26 Å². The van der Waals surface area contributed by atoms with Gasteiger partial charge in [-0.15, -0.1) is 16.4 Å². The summed E-state index contributed by atoms with van der Waals surface area (Å²) in [5, 5.41) is 10.4. The van der Waals surface area contributed by atoms with E-state index in [9.17, 15) is 0 Å². The van der Waals surface area contributed by atoms with E-state index in [4.69, 9.17) is 4.42 Å². The van der Waals surface area contributed by atoms with Crippen LogP contribution in [-0.4, -0.2) is 25.0 Å². The van der Waals surface area contributed by atoms with Gasteiger partial charge in [0.2, 0.25) is 11.0 Å². The minimum Gasteiger partial charge on any atom is -0.443 e. The summed E-state index contributed by atoms with van der Waals surface area (Å²) in [5.41, 5.74) is 0.690. The predicted octanol–water partition coefficient (Wildman–Crippen LogP) is 1.38. The Morgan fingerprint density at radius 1 is 1.27 bits per heavy atom. The molecule has 74 valence electrons. The molecule has 0 aliphatic carbocycles. The van der Waals surface area contributed by atoms with E-state index in [1.54, 1.807) is 23.3 Å². The lowest BCUT2D eigenvalue weighted by Gasteiger charge is -1.96. The highest BCUT2D eigenvalue weighted by Gasteiger charge is 2.13. The van der Waals surface area contributed by atoms with Crippen LogP contribution in [0.3, 0.4) is 0 Å². The summed E-state index contributed by atoms with van der Waals surface area (Å²) in [6, 6.07) is 0. The Balaban J connectivity index is 2.15. The highest BCUT2D eigenvalue weighted by atomic mass is 32.1. The Kier molecular flexibility index (Phi) is 1.82. The zero-order valence-corrected chi connectivity index (χ0v) is 8.26. The molecule has 0 fully saturated rings. The molecule has 0 radical (unpaired) electrons. The molecule has 0 N–H and O–H groups in total. The molecule has 3 heterocycles. The average molecular weight is 219 g/mol. The fourth-order valence-electron chi connectivity index (χ4n) is 1.19. The van der Waals surface area contributed by atoms with E-state index in [-0.39, 0.29) is 0 Å². The molecule has 3 rings (SSSR count). The maximum atomic E-state index is 5.18. The normalized spacial score (nSPS) is 10.7. The van der Waals surface area contributed by atoms with Gasteiger partial charge in [0.05, 0.1) is 12.4 Å². The molecule has 0 saturated heterocycles. The van der Waals surface area contributed by atoms with Gasteiger partial charge in [0, 0.05) is 11.6 Å². The van der Waals surface area contributed by atoms with Gasteiger partial charge in [-0.3, -0.25) is 0 Å². The van der Waals surface area contributed by atoms with Crippen molar-refractivity contribution in [3.8, 4) is 16.7 Å². The molecule has 0 bridgehead atoms. The second kappa shape index (κ2) is 3.28. The van der Waals surface area contributed by atoms with Crippen LogP contribution >= 0.6 is 11.3 Å². The maximum Gasteiger partial charge on any atom is 0.246 e. The third kappa shape index (κ3) is 1.33. The average Bonchev–Trinajstić information content (AvgIpc) is 3.01. The summed E-state index contributed by atoms with van der Waals surface area (Å²) in [6.07, 6.45) is 6.39. The monoisotopic (exact) mass is 219 g/mol. The van der Waals surface area contributed by atoms with Gasteiger partial charge in [-0.05, 0) is 0 Å². The van der Waals surface area contributed by atoms with Crippen LogP contribution in [0.2, 0.25) is 0 Å². The van der Waals surface area contributed by atoms with E-state index in [1.807, 2.05) is 5.38 Å². The lowest BCUT2D eigenvalue weighted by Crippen LogP contribution is -1.98. The third-order valence-corrected chi connectivity index (χ3v) is 2.55. The van der Waals surface area contributed by atoms with Crippen molar-refractivity contribution in [3.05, 3.63) is 30.2 Å². The van der Waals surface area contributed by atoms with Gasteiger partial charge in [-0.2, -0.15) is 4.68 Å². The smallest absolute Gasteiger partial charge is 0.246 e. The molecule has 6 nitrogen and oxygen atoms in total. The molecular weight excluding hydrogens is 214 g/mol. The predicted molar refractivity (Wildman–Crippen MR) is 52.5 cm³/mol. The molecule has 0 unspecified atom stereocenters. The van der Waals surface area contributed by atoms with Crippen molar-refractivity contribution in [1.29, 1.82) is 0 Å². The van der Waals surface area contributed by atoms with Crippen LogP contribution < -0.4 is 0 Å². The Bertz CT molecular complexity index is 493. The Morgan fingerprint density at radius 2 is 2.27 bits per heavy atom. The molecule has 0 atom stereocenters. The van der Waals surface area contributed by atoms with Gasteiger partial charge in [0.25, 0.3) is 0 Å². The Morgan fingerprint density at radius 3 is 3.00 bits per heavy atom. The van der Waals surface area contributed by atoms with E-state index < -0.39 is 0 Å². The molecule has 3 aromatic rings. The fourth-order valence-corrected chi connectivity index (χ4v) is 1.79. The first kappa shape index (κ1) is 8.30. The molecule has 7 heteroatoms. The van der Waals surface area contributed by atoms with Crippen molar-refractivity contribution in [2.24, 2.45) is 0 Å². The van der Waals surface area contributed by atoms with Crippen LogP contribution in [0.1, 0.15) is 0 Å². The van der Waals surface area contributed by atoms with Crippen molar-refractivity contribution >= 4 is 11.3 Å². The zero-order valence-electron chi connectivity index (χ0n) is 7.44. The number of nitrogens with zero attached hydrogens (tertiary/aromatic N) is 5. The van der Waals surface area contributed by atoms with Crippen LogP contribution in [0.25, 0.3) is 16.7 Å². The Hall–Kier alpha value is -2.02. The molecule has 0 aliphatic heterocycles. The summed E-state index contributed by atoms with van der Waals surface area (Å²) in [6.45, 7) is 0. The van der Waals surface area contributed by atoms with E-state index in [1.165, 1.54) is 17.6 Å². The number of aromatic nitrogens is 5. The first-order valence-corrected chi connectivity index (χ1v) is 5.03. The van der Waals surface area contributed by atoms with Crippen LogP contribution in [0, 0.1) is 0 Å². The quantitative estimate of drug-likeness (QED) is 0.651. The number of rotatable bonds is 2. The Labute approximate surface area is 88.2 Å². The first-order chi connectivity index (χ1) is 7.45. The molecule has 0 aromatic carbocycles. The summed E-state index contributed by atoms with van der Waals surface area (Å²) in [7, 11) is 0. The van der Waals surface area contributed by atoms with Gasteiger partial charge in [-0.1, -0.05) is 5.21 Å². The van der Waals surface area contributed by atoms with Crippen molar-refractivity contribution in [3.63, 3.8) is 0 Å². The summed E-state index contributed by atoms with van der Waals surface area (Å²) in [4.78, 5) is 8.18. The van der Waals surface area contributed by atoms with E-state index >= 15 is 0 Å². The summed E-state index contributed by atoms with van der Waals surface area (Å²) >= 11 is 1.47. The molecule has 0 saturated carbocycles. The van der Waals surface area contributed by atoms with Crippen molar-refractivity contribution < 1.29 is 4.42 Å². The van der Waals surface area contributed by atoms with E-state index in [0.29, 0.717) is 11.6 Å². The van der Waals surface area contributed by atoms with E-state index in [2.05, 4.69) is 20.3 Å². The number of thiazole rings is 1. The minimum absolute atomic E-state index is 0.482. The first-order valence-electron chi connectivity index (χ1n) is 4.15. The fraction of sp³-hybridized carbons (Fsp3) is 0. The number of oxazole rings is 1. The lowest BCUT2D eigenvalue weighted by molar-refractivity contribution is 0.568. The van der Waals surface area contributed by atoms with Crippen LogP contribution in [0.5, 0.6) is 0 Å². The molecular formula is C8H5N5OS. The van der Waals surface area contributed by atoms with E-state index in [0.717, 1.165) is 5.13 Å². The highest BCUT2D eigenvalue weighted by Crippen LogP contribution is 2.20. The minimum atomic E-state index is 0.482. The highest BCUT2D eigenvalue weighted by molar-refractivity contribution is 7.12. The number of hydrogen-bond donors (Lipinski definition) is 0. The molecule has 0 amide bonds. The van der Waals surface area contributed by atoms with Gasteiger partial charge in [0.15, 0.2) is 5.69 Å². The van der Waals surface area contributed by atoms with Gasteiger partial charge >= 0.3 is 0 Å². The molecule has 0 spiro atoms. The summed E-state index contributed by atoms with van der Waals surface area (Å²) < 4.78 is 6.78. The second-order valence-electron chi connectivity index (χ2n) is 2.68. The molecule has 0 aliphatic rings. The number of hydrogen-bond acceptors (Lipinski definition) is 6. The van der Waals surface area contributed by atoms with Gasteiger partial charge in [-0.25, -0.2) is 9.97 Å². The van der Waals surface area contributed by atoms with Crippen LogP contribution in [0.4, 0.5) is 0 Å². The topological polar surface area (TPSA) is 69.6 Å². The zero-order chi connectivity index (χ0) is 10.1. The largest absolute Gasteiger partial charge is 0.443 e. The van der Waals surface area contributed by atoms with Crippen molar-refractivity contribution in [2.75, 3.05) is 0 Å². The summed E-state index contributed by atoms with van der Waals surface area (Å²) in [5.74, 6) is 0.482. The second-order valence-corrected chi connectivity index (χ2v) is 3.56. The van der Waals surface area contributed by atoms with Crippen LogP contribution in [-0.2, 0) is 0 Å². The van der Waals surface area contributed by atoms with Crippen molar-refractivity contribution in [1.82, 2.24) is 25.0 Å².